The van der Waals surface area contributed by atoms with Crippen molar-refractivity contribution in [3.05, 3.63) is 40.3 Å². The molecule has 0 aliphatic carbocycles. The van der Waals surface area contributed by atoms with Crippen molar-refractivity contribution >= 4 is 17.0 Å². The monoisotopic (exact) mass is 246 g/mol. The fourth-order valence-electron chi connectivity index (χ4n) is 1.72. The second kappa shape index (κ2) is 5.00. The normalized spacial score (nSPS) is 12.3. The fraction of sp³-hybridized carbons (Fsp3) is 0.308. The van der Waals surface area contributed by atoms with Crippen LogP contribution in [0.2, 0.25) is 0 Å². The van der Waals surface area contributed by atoms with Gasteiger partial charge in [0, 0.05) is 0 Å². The first kappa shape index (κ1) is 12.3. The van der Waals surface area contributed by atoms with E-state index in [0.29, 0.717) is 11.0 Å². The van der Waals surface area contributed by atoms with Gasteiger partial charge in [-0.05, 0) is 26.0 Å². The van der Waals surface area contributed by atoms with Crippen molar-refractivity contribution in [2.45, 2.75) is 19.8 Å². The third-order valence-corrected chi connectivity index (χ3v) is 2.68. The van der Waals surface area contributed by atoms with Gasteiger partial charge >= 0.3 is 5.97 Å². The van der Waals surface area contributed by atoms with Gasteiger partial charge in [0.15, 0.2) is 0 Å². The lowest BCUT2D eigenvalue weighted by Crippen LogP contribution is -2.23. The number of ether oxygens (including phenoxy) is 1. The van der Waals surface area contributed by atoms with Crippen molar-refractivity contribution in [1.29, 1.82) is 0 Å². The number of aromatic amines is 1. The zero-order valence-electron chi connectivity index (χ0n) is 10.3. The van der Waals surface area contributed by atoms with Crippen molar-refractivity contribution in [3.63, 3.8) is 0 Å². The minimum atomic E-state index is -0.668. The second-order valence-corrected chi connectivity index (χ2v) is 3.94. The number of carbonyl (C=O) groups excluding carboxylic acids is 1. The van der Waals surface area contributed by atoms with Gasteiger partial charge in [0.2, 0.25) is 0 Å². The highest BCUT2D eigenvalue weighted by molar-refractivity contribution is 5.79. The molecule has 94 valence electrons. The third-order valence-electron chi connectivity index (χ3n) is 2.68. The standard InChI is InChI=1S/C13H14N2O3/c1-3-18-13(17)8(2)11-12(16)15-10-7-5-4-6-9(10)14-11/h4-8H,3H2,1-2H3,(H,15,16). The van der Waals surface area contributed by atoms with E-state index in [4.69, 9.17) is 4.74 Å². The predicted octanol–water partition coefficient (Wildman–Crippen LogP) is 1.59. The quantitative estimate of drug-likeness (QED) is 0.835. The lowest BCUT2D eigenvalue weighted by Gasteiger charge is -2.09. The number of hydrogen-bond acceptors (Lipinski definition) is 4. The van der Waals surface area contributed by atoms with Gasteiger partial charge < -0.3 is 9.72 Å². The second-order valence-electron chi connectivity index (χ2n) is 3.94. The molecule has 0 amide bonds. The summed E-state index contributed by atoms with van der Waals surface area (Å²) in [5.41, 5.74) is 1.15. The first-order chi connectivity index (χ1) is 8.63. The van der Waals surface area contributed by atoms with Crippen LogP contribution in [0.3, 0.4) is 0 Å². The van der Waals surface area contributed by atoms with Gasteiger partial charge in [-0.25, -0.2) is 4.98 Å². The van der Waals surface area contributed by atoms with Crippen LogP contribution in [-0.4, -0.2) is 22.5 Å². The Kier molecular flexibility index (Phi) is 3.41. The van der Waals surface area contributed by atoms with Gasteiger partial charge in [0.1, 0.15) is 11.6 Å². The summed E-state index contributed by atoms with van der Waals surface area (Å²) in [5.74, 6) is -1.11. The molecule has 0 bridgehead atoms. The molecule has 0 saturated carbocycles. The molecular formula is C13H14N2O3. The van der Waals surface area contributed by atoms with E-state index >= 15 is 0 Å². The Labute approximate surface area is 104 Å². The van der Waals surface area contributed by atoms with Crippen molar-refractivity contribution in [3.8, 4) is 0 Å². The Balaban J connectivity index is 2.47. The van der Waals surface area contributed by atoms with Crippen LogP contribution in [0.15, 0.2) is 29.1 Å². The van der Waals surface area contributed by atoms with E-state index in [0.717, 1.165) is 0 Å². The highest BCUT2D eigenvalue weighted by atomic mass is 16.5. The highest BCUT2D eigenvalue weighted by Gasteiger charge is 2.21. The SMILES string of the molecule is CCOC(=O)C(C)c1nc2ccccc2[nH]c1=O. The molecule has 1 unspecified atom stereocenters. The minimum absolute atomic E-state index is 0.187. The molecule has 1 aromatic heterocycles. The number of nitrogens with zero attached hydrogens (tertiary/aromatic N) is 1. The summed E-state index contributed by atoms with van der Waals surface area (Å²) in [4.78, 5) is 30.4. The van der Waals surface area contributed by atoms with Crippen LogP contribution >= 0.6 is 0 Å². The molecular weight excluding hydrogens is 232 g/mol. The van der Waals surface area contributed by atoms with Crippen LogP contribution in [0.5, 0.6) is 0 Å². The molecule has 1 heterocycles. The summed E-state index contributed by atoms with van der Waals surface area (Å²) in [5, 5.41) is 0. The highest BCUT2D eigenvalue weighted by Crippen LogP contribution is 2.13. The van der Waals surface area contributed by atoms with E-state index in [-0.39, 0.29) is 17.9 Å². The Hall–Kier alpha value is -2.17. The van der Waals surface area contributed by atoms with Crippen LogP contribution in [0, 0.1) is 0 Å². The average molecular weight is 246 g/mol. The van der Waals surface area contributed by atoms with E-state index in [2.05, 4.69) is 9.97 Å². The molecule has 0 aliphatic heterocycles. The molecule has 18 heavy (non-hydrogen) atoms. The molecule has 5 nitrogen and oxygen atoms in total. The van der Waals surface area contributed by atoms with Gasteiger partial charge in [0.25, 0.3) is 5.56 Å². The molecule has 0 radical (unpaired) electrons. The lowest BCUT2D eigenvalue weighted by atomic mass is 10.1. The fourth-order valence-corrected chi connectivity index (χ4v) is 1.72. The molecule has 5 heteroatoms. The van der Waals surface area contributed by atoms with Crippen molar-refractivity contribution in [2.24, 2.45) is 0 Å². The van der Waals surface area contributed by atoms with E-state index in [9.17, 15) is 9.59 Å². The zero-order valence-corrected chi connectivity index (χ0v) is 10.3. The number of hydrogen-bond donors (Lipinski definition) is 1. The number of esters is 1. The smallest absolute Gasteiger partial charge is 0.314 e. The molecule has 1 N–H and O–H groups in total. The number of para-hydroxylation sites is 2. The van der Waals surface area contributed by atoms with E-state index < -0.39 is 11.9 Å². The van der Waals surface area contributed by atoms with Crippen LogP contribution in [-0.2, 0) is 9.53 Å². The van der Waals surface area contributed by atoms with E-state index in [1.54, 1.807) is 26.0 Å². The molecule has 0 fully saturated rings. The topological polar surface area (TPSA) is 72.0 Å². The largest absolute Gasteiger partial charge is 0.465 e. The summed E-state index contributed by atoms with van der Waals surface area (Å²) in [7, 11) is 0. The number of benzene rings is 1. The summed E-state index contributed by atoms with van der Waals surface area (Å²) in [6.07, 6.45) is 0. The van der Waals surface area contributed by atoms with Crippen molar-refractivity contribution in [2.75, 3.05) is 6.61 Å². The van der Waals surface area contributed by atoms with Gasteiger partial charge in [-0.15, -0.1) is 0 Å². The van der Waals surface area contributed by atoms with Gasteiger partial charge in [-0.3, -0.25) is 9.59 Å². The van der Waals surface area contributed by atoms with Gasteiger partial charge in [-0.2, -0.15) is 0 Å². The summed E-state index contributed by atoms with van der Waals surface area (Å²) in [6.45, 7) is 3.63. The molecule has 0 saturated heterocycles. The zero-order chi connectivity index (χ0) is 13.1. The number of carbonyl (C=O) groups is 1. The van der Waals surface area contributed by atoms with Crippen LogP contribution in [0.4, 0.5) is 0 Å². The van der Waals surface area contributed by atoms with Crippen LogP contribution in [0.25, 0.3) is 11.0 Å². The van der Waals surface area contributed by atoms with Crippen molar-refractivity contribution in [1.82, 2.24) is 9.97 Å². The molecule has 2 rings (SSSR count). The number of H-pyrrole nitrogens is 1. The third kappa shape index (κ3) is 2.25. The molecule has 1 atom stereocenters. The Bertz CT molecular complexity index is 633. The maximum absolute atomic E-state index is 11.9. The van der Waals surface area contributed by atoms with Crippen molar-refractivity contribution < 1.29 is 9.53 Å². The summed E-state index contributed by atoms with van der Waals surface area (Å²) < 4.78 is 4.89. The average Bonchev–Trinajstić information content (AvgIpc) is 2.37. The first-order valence-electron chi connectivity index (χ1n) is 5.79. The Morgan fingerprint density at radius 2 is 2.17 bits per heavy atom. The summed E-state index contributed by atoms with van der Waals surface area (Å²) >= 11 is 0. The molecule has 2 aromatic rings. The van der Waals surface area contributed by atoms with Gasteiger partial charge in [0.05, 0.1) is 17.6 Å². The number of fused-ring (bicyclic) bond motifs is 1. The van der Waals surface area contributed by atoms with Gasteiger partial charge in [-0.1, -0.05) is 12.1 Å². The number of rotatable bonds is 3. The van der Waals surface area contributed by atoms with Crippen LogP contribution in [0.1, 0.15) is 25.5 Å². The van der Waals surface area contributed by atoms with E-state index in [1.165, 1.54) is 0 Å². The summed E-state index contributed by atoms with van der Waals surface area (Å²) in [6, 6.07) is 7.19. The maximum atomic E-state index is 11.9. The predicted molar refractivity (Wildman–Crippen MR) is 67.4 cm³/mol. The Morgan fingerprint density at radius 1 is 1.44 bits per heavy atom. The molecule has 0 aliphatic rings. The Morgan fingerprint density at radius 3 is 2.89 bits per heavy atom. The minimum Gasteiger partial charge on any atom is -0.465 e. The van der Waals surface area contributed by atoms with E-state index in [1.807, 2.05) is 12.1 Å². The number of aromatic nitrogens is 2. The van der Waals surface area contributed by atoms with Crippen LogP contribution < -0.4 is 5.56 Å². The molecule has 1 aromatic carbocycles. The number of nitrogens with one attached hydrogen (secondary N) is 1. The maximum Gasteiger partial charge on any atom is 0.314 e. The molecule has 0 spiro atoms. The first-order valence-corrected chi connectivity index (χ1v) is 5.79. The lowest BCUT2D eigenvalue weighted by molar-refractivity contribution is -0.144.